The van der Waals surface area contributed by atoms with Gasteiger partial charge in [-0.05, 0) is 51.5 Å². The molecule has 0 atom stereocenters. The molecule has 0 fully saturated rings. The van der Waals surface area contributed by atoms with Crippen LogP contribution in [0.2, 0.25) is 5.02 Å². The molecule has 0 heterocycles. The van der Waals surface area contributed by atoms with Crippen molar-refractivity contribution >= 4 is 29.1 Å². The number of nitrogens with one attached hydrogen (secondary N) is 2. The van der Waals surface area contributed by atoms with Crippen molar-refractivity contribution in [1.29, 1.82) is 5.26 Å². The van der Waals surface area contributed by atoms with Crippen molar-refractivity contribution in [2.24, 2.45) is 0 Å². The number of rotatable bonds is 4. The number of carbonyl (C=O) groups is 2. The van der Waals surface area contributed by atoms with E-state index in [0.29, 0.717) is 5.69 Å². The number of amides is 2. The van der Waals surface area contributed by atoms with E-state index in [0.717, 1.165) is 11.1 Å². The van der Waals surface area contributed by atoms with E-state index in [4.69, 9.17) is 16.9 Å². The standard InChI is InChI=1S/C20H20ClN3O2/c1-12-8-9-16(13(2)10-12)23-18(25)14-6-5-7-15(21)17(14)19(26)24-20(3,4)11-22/h5-10H,1-4H3,(H,23,25)(H,24,26). The molecule has 5 nitrogen and oxygen atoms in total. The van der Waals surface area contributed by atoms with Crippen LogP contribution < -0.4 is 10.6 Å². The Morgan fingerprint density at radius 2 is 1.81 bits per heavy atom. The number of anilines is 1. The third-order valence-corrected chi connectivity index (χ3v) is 4.14. The Hall–Kier alpha value is -2.84. The molecule has 2 aromatic carbocycles. The molecule has 0 radical (unpaired) electrons. The molecule has 0 saturated carbocycles. The highest BCUT2D eigenvalue weighted by Crippen LogP contribution is 2.23. The predicted molar refractivity (Wildman–Crippen MR) is 102 cm³/mol. The van der Waals surface area contributed by atoms with Gasteiger partial charge < -0.3 is 10.6 Å². The predicted octanol–water partition coefficient (Wildman–Crippen LogP) is 4.24. The van der Waals surface area contributed by atoms with Gasteiger partial charge in [0.2, 0.25) is 0 Å². The maximum atomic E-state index is 12.7. The molecule has 2 aromatic rings. The van der Waals surface area contributed by atoms with Crippen molar-refractivity contribution in [2.75, 3.05) is 5.32 Å². The summed E-state index contributed by atoms with van der Waals surface area (Å²) < 4.78 is 0. The summed E-state index contributed by atoms with van der Waals surface area (Å²) in [7, 11) is 0. The SMILES string of the molecule is Cc1ccc(NC(=O)c2cccc(Cl)c2C(=O)NC(C)(C)C#N)c(C)c1. The normalized spacial score (nSPS) is 10.8. The van der Waals surface area contributed by atoms with Crippen LogP contribution in [0, 0.1) is 25.2 Å². The molecule has 2 N–H and O–H groups in total. The summed E-state index contributed by atoms with van der Waals surface area (Å²) in [5, 5.41) is 14.6. The van der Waals surface area contributed by atoms with Gasteiger partial charge in [0, 0.05) is 5.69 Å². The van der Waals surface area contributed by atoms with Gasteiger partial charge in [0.15, 0.2) is 0 Å². The second-order valence-electron chi connectivity index (χ2n) is 6.63. The van der Waals surface area contributed by atoms with Crippen molar-refractivity contribution in [1.82, 2.24) is 5.32 Å². The molecule has 0 aliphatic carbocycles. The minimum atomic E-state index is -1.09. The zero-order valence-corrected chi connectivity index (χ0v) is 15.9. The maximum absolute atomic E-state index is 12.7. The molecular weight excluding hydrogens is 350 g/mol. The number of nitrogens with zero attached hydrogens (tertiary/aromatic N) is 1. The van der Waals surface area contributed by atoms with E-state index >= 15 is 0 Å². The second-order valence-corrected chi connectivity index (χ2v) is 7.03. The van der Waals surface area contributed by atoms with E-state index in [1.807, 2.05) is 38.1 Å². The van der Waals surface area contributed by atoms with Gasteiger partial charge in [-0.15, -0.1) is 0 Å². The average molecular weight is 370 g/mol. The molecule has 6 heteroatoms. The summed E-state index contributed by atoms with van der Waals surface area (Å²) in [6.45, 7) is 6.99. The van der Waals surface area contributed by atoms with Gasteiger partial charge in [0.05, 0.1) is 22.2 Å². The van der Waals surface area contributed by atoms with Gasteiger partial charge in [0.1, 0.15) is 5.54 Å². The fourth-order valence-electron chi connectivity index (χ4n) is 2.46. The van der Waals surface area contributed by atoms with Crippen LogP contribution in [-0.2, 0) is 0 Å². The quantitative estimate of drug-likeness (QED) is 0.845. The zero-order chi connectivity index (χ0) is 19.5. The lowest BCUT2D eigenvalue weighted by atomic mass is 10.0. The summed E-state index contributed by atoms with van der Waals surface area (Å²) in [4.78, 5) is 25.4. The summed E-state index contributed by atoms with van der Waals surface area (Å²) in [5.74, 6) is -1.02. The Labute approximate surface area is 158 Å². The number of carbonyl (C=O) groups excluding carboxylic acids is 2. The van der Waals surface area contributed by atoms with Gasteiger partial charge >= 0.3 is 0 Å². The lowest BCUT2D eigenvalue weighted by molar-refractivity contribution is 0.0918. The van der Waals surface area contributed by atoms with Crippen LogP contribution in [0.5, 0.6) is 0 Å². The van der Waals surface area contributed by atoms with Gasteiger partial charge in [0.25, 0.3) is 11.8 Å². The number of hydrogen-bond acceptors (Lipinski definition) is 3. The van der Waals surface area contributed by atoms with Crippen molar-refractivity contribution < 1.29 is 9.59 Å². The van der Waals surface area contributed by atoms with Crippen LogP contribution in [0.1, 0.15) is 45.7 Å². The van der Waals surface area contributed by atoms with Crippen LogP contribution in [0.15, 0.2) is 36.4 Å². The monoisotopic (exact) mass is 369 g/mol. The summed E-state index contributed by atoms with van der Waals surface area (Å²) in [6.07, 6.45) is 0. The minimum Gasteiger partial charge on any atom is -0.334 e. The van der Waals surface area contributed by atoms with Gasteiger partial charge in [-0.2, -0.15) is 5.26 Å². The molecule has 0 unspecified atom stereocenters. The molecule has 0 bridgehead atoms. The Balaban J connectivity index is 2.38. The highest BCUT2D eigenvalue weighted by Gasteiger charge is 2.26. The smallest absolute Gasteiger partial charge is 0.256 e. The lowest BCUT2D eigenvalue weighted by Crippen LogP contribution is -2.42. The molecule has 26 heavy (non-hydrogen) atoms. The van der Waals surface area contributed by atoms with Gasteiger partial charge in [-0.1, -0.05) is 35.4 Å². The Morgan fingerprint density at radius 3 is 2.42 bits per heavy atom. The van der Waals surface area contributed by atoms with Crippen molar-refractivity contribution in [3.63, 3.8) is 0 Å². The largest absolute Gasteiger partial charge is 0.334 e. The molecule has 0 aromatic heterocycles. The molecule has 2 amide bonds. The number of nitriles is 1. The van der Waals surface area contributed by atoms with E-state index in [2.05, 4.69) is 10.6 Å². The van der Waals surface area contributed by atoms with E-state index in [-0.39, 0.29) is 16.1 Å². The summed E-state index contributed by atoms with van der Waals surface area (Å²) >= 11 is 6.17. The molecule has 134 valence electrons. The molecule has 0 aliphatic heterocycles. The Kier molecular flexibility index (Phi) is 5.69. The first-order valence-corrected chi connectivity index (χ1v) is 8.43. The van der Waals surface area contributed by atoms with Crippen LogP contribution in [-0.4, -0.2) is 17.4 Å². The van der Waals surface area contributed by atoms with Crippen molar-refractivity contribution in [2.45, 2.75) is 33.2 Å². The first kappa shape index (κ1) is 19.5. The number of aryl methyl sites for hydroxylation is 2. The third kappa shape index (κ3) is 4.41. The Bertz CT molecular complexity index is 914. The maximum Gasteiger partial charge on any atom is 0.256 e. The summed E-state index contributed by atoms with van der Waals surface area (Å²) in [6, 6.07) is 12.3. The lowest BCUT2D eigenvalue weighted by Gasteiger charge is -2.19. The average Bonchev–Trinajstić information content (AvgIpc) is 2.56. The number of hydrogen-bond donors (Lipinski definition) is 2. The Morgan fingerprint density at radius 1 is 1.12 bits per heavy atom. The molecule has 2 rings (SSSR count). The minimum absolute atomic E-state index is 0.0414. The zero-order valence-electron chi connectivity index (χ0n) is 15.1. The van der Waals surface area contributed by atoms with Crippen LogP contribution in [0.3, 0.4) is 0 Å². The van der Waals surface area contributed by atoms with Crippen molar-refractivity contribution in [3.05, 3.63) is 63.7 Å². The number of halogens is 1. The van der Waals surface area contributed by atoms with E-state index < -0.39 is 17.4 Å². The van der Waals surface area contributed by atoms with Gasteiger partial charge in [-0.3, -0.25) is 9.59 Å². The van der Waals surface area contributed by atoms with Crippen LogP contribution in [0.4, 0.5) is 5.69 Å². The second kappa shape index (κ2) is 7.59. The topological polar surface area (TPSA) is 82.0 Å². The van der Waals surface area contributed by atoms with E-state index in [1.165, 1.54) is 12.1 Å². The number of benzene rings is 2. The van der Waals surface area contributed by atoms with E-state index in [9.17, 15) is 9.59 Å². The van der Waals surface area contributed by atoms with Crippen LogP contribution in [0.25, 0.3) is 0 Å². The highest BCUT2D eigenvalue weighted by atomic mass is 35.5. The first-order chi connectivity index (χ1) is 12.1. The van der Waals surface area contributed by atoms with Gasteiger partial charge in [-0.25, -0.2) is 0 Å². The van der Waals surface area contributed by atoms with Crippen LogP contribution >= 0.6 is 11.6 Å². The van der Waals surface area contributed by atoms with Crippen molar-refractivity contribution in [3.8, 4) is 6.07 Å². The molecular formula is C20H20ClN3O2. The summed E-state index contributed by atoms with van der Waals surface area (Å²) in [5.41, 5.74) is 1.75. The fourth-order valence-corrected chi connectivity index (χ4v) is 2.72. The van der Waals surface area contributed by atoms with E-state index in [1.54, 1.807) is 19.9 Å². The molecule has 0 spiro atoms. The highest BCUT2D eigenvalue weighted by molar-refractivity contribution is 6.35. The third-order valence-electron chi connectivity index (χ3n) is 3.82. The first-order valence-electron chi connectivity index (χ1n) is 8.05. The fraction of sp³-hybridized carbons (Fsp3) is 0.250. The molecule has 0 aliphatic rings. The molecule has 0 saturated heterocycles.